The maximum atomic E-state index is 12.8. The molecule has 3 aliphatic heterocycles. The van der Waals surface area contributed by atoms with E-state index in [9.17, 15) is 4.79 Å². The number of carbonyl (C=O) groups excluding carboxylic acids is 1. The second-order valence-corrected chi connectivity index (χ2v) is 15.4. The molecule has 2 aromatic heterocycles. The first-order valence-electron chi connectivity index (χ1n) is 17.7. The number of fused-ring (bicyclic) bond motifs is 2. The molecule has 1 N–H and O–H groups in total. The summed E-state index contributed by atoms with van der Waals surface area (Å²) in [6.07, 6.45) is 9.96. The average molecular weight is 672 g/mol. The third kappa shape index (κ3) is 7.31. The van der Waals surface area contributed by atoms with Crippen molar-refractivity contribution in [3.8, 4) is 11.4 Å². The Morgan fingerprint density at radius 2 is 1.85 bits per heavy atom. The highest BCUT2D eigenvalue weighted by molar-refractivity contribution is 7.98. The van der Waals surface area contributed by atoms with E-state index >= 15 is 0 Å². The number of nitrogens with zero attached hydrogens (tertiary/aromatic N) is 4. The molecule has 5 heterocycles. The van der Waals surface area contributed by atoms with Crippen molar-refractivity contribution in [3.05, 3.63) is 48.0 Å². The van der Waals surface area contributed by atoms with Gasteiger partial charge >= 0.3 is 6.09 Å². The molecule has 1 amide bonds. The van der Waals surface area contributed by atoms with E-state index in [-0.39, 0.29) is 18.4 Å². The number of hydrogen-bond acceptors (Lipinski definition) is 8. The molecule has 4 aromatic rings. The summed E-state index contributed by atoms with van der Waals surface area (Å²) in [5.74, 6) is 1.31. The third-order valence-corrected chi connectivity index (χ3v) is 10.5. The minimum Gasteiger partial charge on any atom is -0.444 e. The van der Waals surface area contributed by atoms with E-state index in [4.69, 9.17) is 24.3 Å². The summed E-state index contributed by atoms with van der Waals surface area (Å²) in [5.41, 5.74) is 3.56. The maximum absolute atomic E-state index is 12.8. The number of nitrogens with one attached hydrogen (secondary N) is 1. The van der Waals surface area contributed by atoms with Crippen molar-refractivity contribution in [1.82, 2.24) is 20.1 Å². The van der Waals surface area contributed by atoms with Crippen LogP contribution in [0.4, 0.5) is 10.6 Å². The fourth-order valence-electron chi connectivity index (χ4n) is 7.37. The Kier molecular flexibility index (Phi) is 9.85. The molecule has 0 radical (unpaired) electrons. The highest BCUT2D eigenvalue weighted by atomic mass is 32.2. The van der Waals surface area contributed by atoms with Crippen molar-refractivity contribution < 1.29 is 19.0 Å². The number of thioether (sulfide) groups is 1. The largest absolute Gasteiger partial charge is 0.444 e. The summed E-state index contributed by atoms with van der Waals surface area (Å²) < 4.78 is 19.9. The van der Waals surface area contributed by atoms with Crippen LogP contribution < -0.4 is 10.2 Å². The van der Waals surface area contributed by atoms with Gasteiger partial charge in [-0.2, -0.15) is 5.10 Å². The Morgan fingerprint density at radius 3 is 2.62 bits per heavy atom. The van der Waals surface area contributed by atoms with Gasteiger partial charge in [0.2, 0.25) is 0 Å². The zero-order valence-electron chi connectivity index (χ0n) is 28.8. The van der Waals surface area contributed by atoms with Crippen LogP contribution in [0, 0.1) is 0 Å². The molecule has 3 fully saturated rings. The number of hydrogen-bond donors (Lipinski definition) is 1. The smallest absolute Gasteiger partial charge is 0.407 e. The summed E-state index contributed by atoms with van der Waals surface area (Å²) in [6.45, 7) is 9.56. The molecular weight excluding hydrogens is 623 g/mol. The zero-order valence-corrected chi connectivity index (χ0v) is 29.6. The monoisotopic (exact) mass is 671 g/mol. The minimum absolute atomic E-state index is 0.0444. The molecule has 0 spiro atoms. The van der Waals surface area contributed by atoms with E-state index in [0.29, 0.717) is 12.5 Å². The molecule has 2 aromatic carbocycles. The molecule has 0 bridgehead atoms. The quantitative estimate of drug-likeness (QED) is 0.204. The summed E-state index contributed by atoms with van der Waals surface area (Å²) in [6, 6.07) is 15.6. The van der Waals surface area contributed by atoms with Crippen molar-refractivity contribution in [2.45, 2.75) is 101 Å². The number of anilines is 1. The van der Waals surface area contributed by atoms with Crippen LogP contribution in [0.3, 0.4) is 0 Å². The van der Waals surface area contributed by atoms with Gasteiger partial charge < -0.3 is 24.4 Å². The van der Waals surface area contributed by atoms with E-state index in [1.165, 1.54) is 10.5 Å². The van der Waals surface area contributed by atoms with Crippen molar-refractivity contribution in [2.24, 2.45) is 0 Å². The summed E-state index contributed by atoms with van der Waals surface area (Å²) in [4.78, 5) is 21.8. The van der Waals surface area contributed by atoms with Crippen molar-refractivity contribution in [2.75, 3.05) is 44.1 Å². The Morgan fingerprint density at radius 1 is 0.979 bits per heavy atom. The number of ether oxygens (including phenoxy) is 3. The fraction of sp³-hybridized carbons (Fsp3) is 0.553. The fourth-order valence-corrected chi connectivity index (χ4v) is 7.82. The number of rotatable bonds is 6. The number of pyridine rings is 1. The lowest BCUT2D eigenvalue weighted by Crippen LogP contribution is -2.45. The lowest BCUT2D eigenvalue weighted by Gasteiger charge is -2.28. The number of carbonyl (C=O) groups is 1. The molecule has 3 atom stereocenters. The second kappa shape index (κ2) is 14.3. The average Bonchev–Trinajstić information content (AvgIpc) is 3.32. The SMILES string of the molecule is CSc1ccc2c(N3CCCC[C@H](NC(=O)OC(C)(C)C)C3)nc(-c3nn(C4CCCCO4)c4ccc(C5CCCOC5)cc34)cc2c1. The van der Waals surface area contributed by atoms with Gasteiger partial charge in [-0.1, -0.05) is 6.07 Å². The van der Waals surface area contributed by atoms with Gasteiger partial charge in [-0.15, -0.1) is 11.8 Å². The molecule has 2 unspecified atom stereocenters. The summed E-state index contributed by atoms with van der Waals surface area (Å²) in [5, 5.41) is 11.8. The van der Waals surface area contributed by atoms with Crippen molar-refractivity contribution in [1.29, 1.82) is 0 Å². The minimum atomic E-state index is -0.547. The van der Waals surface area contributed by atoms with E-state index < -0.39 is 5.60 Å². The van der Waals surface area contributed by atoms with Crippen LogP contribution in [0.15, 0.2) is 47.4 Å². The van der Waals surface area contributed by atoms with Gasteiger partial charge in [-0.05, 0) is 126 Å². The lowest BCUT2D eigenvalue weighted by atomic mass is 9.92. The van der Waals surface area contributed by atoms with Gasteiger partial charge in [0.1, 0.15) is 17.1 Å². The predicted molar refractivity (Wildman–Crippen MR) is 193 cm³/mol. The van der Waals surface area contributed by atoms with Crippen LogP contribution in [0.2, 0.25) is 0 Å². The first kappa shape index (κ1) is 33.2. The molecule has 0 saturated carbocycles. The van der Waals surface area contributed by atoms with E-state index in [0.717, 1.165) is 117 Å². The van der Waals surface area contributed by atoms with E-state index in [1.807, 2.05) is 20.8 Å². The first-order chi connectivity index (χ1) is 23.3. The van der Waals surface area contributed by atoms with E-state index in [2.05, 4.69) is 63.6 Å². The van der Waals surface area contributed by atoms with Gasteiger partial charge in [-0.3, -0.25) is 0 Å². The molecule has 3 saturated heterocycles. The highest BCUT2D eigenvalue weighted by Crippen LogP contribution is 2.39. The van der Waals surface area contributed by atoms with E-state index in [1.54, 1.807) is 11.8 Å². The van der Waals surface area contributed by atoms with Crippen LogP contribution >= 0.6 is 11.8 Å². The van der Waals surface area contributed by atoms with Crippen molar-refractivity contribution in [3.63, 3.8) is 0 Å². The van der Waals surface area contributed by atoms with Crippen molar-refractivity contribution >= 4 is 45.3 Å². The molecule has 48 heavy (non-hydrogen) atoms. The Balaban J connectivity index is 1.33. The van der Waals surface area contributed by atoms with Gasteiger partial charge in [0, 0.05) is 53.9 Å². The molecule has 256 valence electrons. The predicted octanol–water partition coefficient (Wildman–Crippen LogP) is 8.45. The number of alkyl carbamates (subject to hydrolysis) is 1. The number of benzene rings is 2. The third-order valence-electron chi connectivity index (χ3n) is 9.74. The molecule has 10 heteroatoms. The summed E-state index contributed by atoms with van der Waals surface area (Å²) >= 11 is 1.74. The van der Waals surface area contributed by atoms with Crippen LogP contribution in [-0.2, 0) is 14.2 Å². The van der Waals surface area contributed by atoms with Gasteiger partial charge in [0.25, 0.3) is 0 Å². The normalized spacial score (nSPS) is 22.5. The van der Waals surface area contributed by atoms with Crippen LogP contribution in [-0.4, -0.2) is 71.7 Å². The molecule has 3 aliphatic rings. The van der Waals surface area contributed by atoms with Crippen LogP contribution in [0.25, 0.3) is 33.1 Å². The second-order valence-electron chi connectivity index (χ2n) is 14.5. The molecule has 7 rings (SSSR count). The molecule has 9 nitrogen and oxygen atoms in total. The lowest BCUT2D eigenvalue weighted by molar-refractivity contribution is -0.0365. The van der Waals surface area contributed by atoms with Gasteiger partial charge in [0.05, 0.1) is 17.8 Å². The number of aromatic nitrogens is 3. The number of amides is 1. The zero-order chi connectivity index (χ0) is 33.3. The van der Waals surface area contributed by atoms with Gasteiger partial charge in [-0.25, -0.2) is 14.5 Å². The van der Waals surface area contributed by atoms with Crippen LogP contribution in [0.1, 0.15) is 89.8 Å². The Hall–Kier alpha value is -3.34. The Bertz CT molecular complexity index is 1760. The topological polar surface area (TPSA) is 90.7 Å². The maximum Gasteiger partial charge on any atom is 0.407 e. The molecular formula is C38H49N5O4S. The highest BCUT2D eigenvalue weighted by Gasteiger charge is 2.28. The summed E-state index contributed by atoms with van der Waals surface area (Å²) in [7, 11) is 0. The molecule has 0 aliphatic carbocycles. The van der Waals surface area contributed by atoms with Gasteiger partial charge in [0.15, 0.2) is 6.23 Å². The standard InChI is InChI=1S/C38H49N5O4S/c1-38(2,3)47-37(44)39-28-11-5-7-17-42(23-28)36-30-15-14-29(48-4)20-27(30)22-32(40-36)35-31-21-25(26-10-9-18-45-24-26)13-16-33(31)43(41-35)34-12-6-8-19-46-34/h13-16,20-22,26,28,34H,5-12,17-19,23-24H2,1-4H3,(H,39,44)/t26?,28-,34?/m0/s1. The van der Waals surface area contributed by atoms with Crippen LogP contribution in [0.5, 0.6) is 0 Å². The Labute approximate surface area is 288 Å². The first-order valence-corrected chi connectivity index (χ1v) is 18.9.